The molecule has 1 fully saturated rings. The van der Waals surface area contributed by atoms with Crippen LogP contribution in [0.3, 0.4) is 0 Å². The number of likely N-dealkylation sites (tertiary alicyclic amines) is 1. The first-order valence-electron chi connectivity index (χ1n) is 11.1. The van der Waals surface area contributed by atoms with Crippen LogP contribution < -0.4 is 11.1 Å². The second-order valence-corrected chi connectivity index (χ2v) is 8.49. The van der Waals surface area contributed by atoms with Gasteiger partial charge in [-0.15, -0.1) is 0 Å². The molecular formula is C27H31N5. The summed E-state index contributed by atoms with van der Waals surface area (Å²) in [5.41, 5.74) is 14.5. The Morgan fingerprint density at radius 3 is 2.56 bits per heavy atom. The van der Waals surface area contributed by atoms with Crippen LogP contribution in [-0.2, 0) is 6.54 Å². The molecule has 0 spiro atoms. The van der Waals surface area contributed by atoms with E-state index in [-0.39, 0.29) is 0 Å². The fraction of sp³-hybridized carbons (Fsp3) is 0.259. The molecule has 2 aromatic heterocycles. The molecule has 3 heterocycles. The zero-order valence-electron chi connectivity index (χ0n) is 18.8. The number of benzene rings is 1. The van der Waals surface area contributed by atoms with Gasteiger partial charge in [-0.1, -0.05) is 25.6 Å². The van der Waals surface area contributed by atoms with Crippen LogP contribution >= 0.6 is 0 Å². The summed E-state index contributed by atoms with van der Waals surface area (Å²) in [6.45, 7) is 13.6. The smallest absolute Gasteiger partial charge is 0.0570 e. The van der Waals surface area contributed by atoms with E-state index in [0.29, 0.717) is 11.4 Å². The van der Waals surface area contributed by atoms with Crippen LogP contribution in [0.2, 0.25) is 0 Å². The summed E-state index contributed by atoms with van der Waals surface area (Å²) in [6.07, 6.45) is 9.57. The lowest BCUT2D eigenvalue weighted by atomic mass is 9.97. The van der Waals surface area contributed by atoms with Crippen molar-refractivity contribution in [3.63, 3.8) is 0 Å². The number of nitrogens with one attached hydrogen (secondary N) is 1. The molecule has 1 saturated heterocycles. The van der Waals surface area contributed by atoms with Crippen molar-refractivity contribution in [3.8, 4) is 11.1 Å². The van der Waals surface area contributed by atoms with Crippen LogP contribution in [0, 0.1) is 6.92 Å². The van der Waals surface area contributed by atoms with Crippen molar-refractivity contribution < 1.29 is 0 Å². The van der Waals surface area contributed by atoms with Crippen molar-refractivity contribution in [1.29, 1.82) is 0 Å². The topological polar surface area (TPSA) is 67.1 Å². The van der Waals surface area contributed by atoms with Gasteiger partial charge in [-0.25, -0.2) is 0 Å². The van der Waals surface area contributed by atoms with E-state index < -0.39 is 0 Å². The third-order valence-corrected chi connectivity index (χ3v) is 5.93. The number of pyridine rings is 2. The zero-order valence-corrected chi connectivity index (χ0v) is 18.8. The van der Waals surface area contributed by atoms with Crippen LogP contribution in [0.5, 0.6) is 0 Å². The lowest BCUT2D eigenvalue weighted by molar-refractivity contribution is 0.220. The van der Waals surface area contributed by atoms with Crippen molar-refractivity contribution in [1.82, 2.24) is 14.9 Å². The highest BCUT2D eigenvalue weighted by atomic mass is 15.1. The Kier molecular flexibility index (Phi) is 6.66. The first-order chi connectivity index (χ1) is 15.5. The van der Waals surface area contributed by atoms with Gasteiger partial charge in [0.15, 0.2) is 0 Å². The number of hydrogen-bond donors (Lipinski definition) is 2. The molecule has 0 unspecified atom stereocenters. The molecule has 0 bridgehead atoms. The number of rotatable bonds is 7. The van der Waals surface area contributed by atoms with Gasteiger partial charge in [-0.3, -0.25) is 14.9 Å². The molecule has 0 amide bonds. The van der Waals surface area contributed by atoms with E-state index in [1.165, 1.54) is 37.9 Å². The third kappa shape index (κ3) is 5.24. The standard InChI is InChI=1S/C27H31N5/c1-19-7-9-25(17-30-19)31-21(3)20(2)26-14-23(8-10-27(26)28)24-13-22(15-29-16-24)18-32-11-5-4-6-12-32/h7-10,13-17,31H,2-6,11-12,18,28H2,1H3. The van der Waals surface area contributed by atoms with Crippen LogP contribution in [0.25, 0.3) is 16.7 Å². The molecule has 3 N–H and O–H groups in total. The molecule has 0 atom stereocenters. The normalized spacial score (nSPS) is 14.2. The van der Waals surface area contributed by atoms with Gasteiger partial charge in [0.25, 0.3) is 0 Å². The number of nitrogens with zero attached hydrogens (tertiary/aromatic N) is 3. The number of anilines is 2. The van der Waals surface area contributed by atoms with Crippen LogP contribution in [0.15, 0.2) is 73.8 Å². The predicted octanol–water partition coefficient (Wildman–Crippen LogP) is 5.66. The first-order valence-corrected chi connectivity index (χ1v) is 11.1. The maximum atomic E-state index is 6.31. The van der Waals surface area contributed by atoms with Crippen molar-refractivity contribution in [2.45, 2.75) is 32.7 Å². The van der Waals surface area contributed by atoms with Crippen LogP contribution in [0.1, 0.15) is 36.1 Å². The van der Waals surface area contributed by atoms with Gasteiger partial charge in [-0.2, -0.15) is 0 Å². The third-order valence-electron chi connectivity index (χ3n) is 5.93. The van der Waals surface area contributed by atoms with E-state index in [9.17, 15) is 0 Å². The zero-order chi connectivity index (χ0) is 22.5. The van der Waals surface area contributed by atoms with Crippen LogP contribution in [0.4, 0.5) is 11.4 Å². The average Bonchev–Trinajstić information content (AvgIpc) is 2.81. The lowest BCUT2D eigenvalue weighted by Crippen LogP contribution is -2.29. The summed E-state index contributed by atoms with van der Waals surface area (Å²) < 4.78 is 0. The van der Waals surface area contributed by atoms with Gasteiger partial charge in [0.1, 0.15) is 0 Å². The van der Waals surface area contributed by atoms with Crippen LogP contribution in [-0.4, -0.2) is 28.0 Å². The molecule has 5 nitrogen and oxygen atoms in total. The molecule has 1 aliphatic rings. The van der Waals surface area contributed by atoms with Gasteiger partial charge >= 0.3 is 0 Å². The Labute approximate surface area is 190 Å². The highest BCUT2D eigenvalue weighted by molar-refractivity contribution is 5.87. The summed E-state index contributed by atoms with van der Waals surface area (Å²) in [4.78, 5) is 11.3. The Bertz CT molecular complexity index is 1110. The highest BCUT2D eigenvalue weighted by Gasteiger charge is 2.13. The Balaban J connectivity index is 1.53. The molecule has 164 valence electrons. The van der Waals surface area contributed by atoms with Crippen molar-refractivity contribution in [2.24, 2.45) is 0 Å². The largest absolute Gasteiger partial charge is 0.398 e. The first kappa shape index (κ1) is 21.8. The van der Waals surface area contributed by atoms with Crippen molar-refractivity contribution in [2.75, 3.05) is 24.1 Å². The van der Waals surface area contributed by atoms with Gasteiger partial charge in [0, 0.05) is 47.1 Å². The summed E-state index contributed by atoms with van der Waals surface area (Å²) in [7, 11) is 0. The molecule has 0 radical (unpaired) electrons. The maximum Gasteiger partial charge on any atom is 0.0570 e. The van der Waals surface area contributed by atoms with E-state index >= 15 is 0 Å². The summed E-state index contributed by atoms with van der Waals surface area (Å²) in [6, 6.07) is 12.2. The van der Waals surface area contributed by atoms with Gasteiger partial charge in [0.2, 0.25) is 0 Å². The van der Waals surface area contributed by atoms with Gasteiger partial charge in [0.05, 0.1) is 11.9 Å². The quantitative estimate of drug-likeness (QED) is 0.378. The van der Waals surface area contributed by atoms with Gasteiger partial charge < -0.3 is 11.1 Å². The molecule has 0 saturated carbocycles. The average molecular weight is 426 g/mol. The number of aromatic nitrogens is 2. The lowest BCUT2D eigenvalue weighted by Gasteiger charge is -2.26. The number of nitrogens with two attached hydrogens (primary N) is 1. The number of piperidine rings is 1. The summed E-state index contributed by atoms with van der Waals surface area (Å²) in [5.74, 6) is 0. The minimum Gasteiger partial charge on any atom is -0.398 e. The van der Waals surface area contributed by atoms with Crippen molar-refractivity contribution >= 4 is 16.9 Å². The second kappa shape index (κ2) is 9.79. The molecular weight excluding hydrogens is 394 g/mol. The summed E-state index contributed by atoms with van der Waals surface area (Å²) in [5, 5.41) is 3.28. The Morgan fingerprint density at radius 2 is 1.81 bits per heavy atom. The minimum atomic E-state index is 0.668. The molecule has 1 aliphatic heterocycles. The van der Waals surface area contributed by atoms with E-state index in [1.54, 1.807) is 6.20 Å². The van der Waals surface area contributed by atoms with E-state index in [0.717, 1.165) is 40.2 Å². The van der Waals surface area contributed by atoms with Gasteiger partial charge in [-0.05, 0) is 79.9 Å². The highest BCUT2D eigenvalue weighted by Crippen LogP contribution is 2.31. The number of aryl methyl sites for hydroxylation is 1. The minimum absolute atomic E-state index is 0.668. The fourth-order valence-electron chi connectivity index (χ4n) is 4.06. The van der Waals surface area contributed by atoms with E-state index in [2.05, 4.69) is 45.5 Å². The predicted molar refractivity (Wildman–Crippen MR) is 134 cm³/mol. The fourth-order valence-corrected chi connectivity index (χ4v) is 4.06. The number of hydrogen-bond acceptors (Lipinski definition) is 5. The van der Waals surface area contributed by atoms with E-state index in [1.807, 2.05) is 43.6 Å². The monoisotopic (exact) mass is 425 g/mol. The SMILES string of the molecule is C=C(Nc1ccc(C)nc1)C(=C)c1cc(-c2cncc(CN3CCCCC3)c2)ccc1N. The Hall–Kier alpha value is -3.44. The second-order valence-electron chi connectivity index (χ2n) is 8.49. The number of nitrogen functional groups attached to an aromatic ring is 1. The number of allylic oxidation sites excluding steroid dienone is 1. The van der Waals surface area contributed by atoms with Crippen molar-refractivity contribution in [3.05, 3.63) is 90.7 Å². The molecule has 1 aromatic carbocycles. The van der Waals surface area contributed by atoms with E-state index in [4.69, 9.17) is 5.73 Å². The molecule has 5 heteroatoms. The maximum absolute atomic E-state index is 6.31. The summed E-state index contributed by atoms with van der Waals surface area (Å²) >= 11 is 0. The molecule has 32 heavy (non-hydrogen) atoms. The molecule has 0 aliphatic carbocycles. The molecule has 3 aromatic rings. The Morgan fingerprint density at radius 1 is 1.00 bits per heavy atom. The molecule has 4 rings (SSSR count).